The van der Waals surface area contributed by atoms with E-state index in [0.29, 0.717) is 95.5 Å². The Morgan fingerprint density at radius 1 is 0.438 bits per heavy atom. The number of rotatable bonds is 39. The molecule has 10 nitrogen and oxygen atoms in total. The van der Waals surface area contributed by atoms with E-state index in [1.54, 1.807) is 12.1 Å². The number of benzene rings is 1. The Bertz CT molecular complexity index is 1100. The number of carbonyl (C=O) groups excluding carboxylic acids is 1. The molecule has 10 heteroatoms. The second-order valence-corrected chi connectivity index (χ2v) is 17.9. The molecule has 0 radical (unpaired) electrons. The maximum absolute atomic E-state index is 13.9. The summed E-state index contributed by atoms with van der Waals surface area (Å²) in [4.78, 5) is 13.9. The lowest BCUT2D eigenvalue weighted by Crippen LogP contribution is -2.29. The fourth-order valence-corrected chi connectivity index (χ4v) is 7.90. The molecule has 0 saturated carbocycles. The van der Waals surface area contributed by atoms with Crippen molar-refractivity contribution in [1.29, 1.82) is 0 Å². The van der Waals surface area contributed by atoms with E-state index in [9.17, 15) is 4.79 Å². The van der Waals surface area contributed by atoms with Crippen molar-refractivity contribution in [2.45, 2.75) is 219 Å². The van der Waals surface area contributed by atoms with Gasteiger partial charge in [-0.3, -0.25) is 0 Å². The molecule has 0 aliphatic carbocycles. The molecule has 1 aliphatic heterocycles. The molecule has 0 bridgehead atoms. The molecule has 64 heavy (non-hydrogen) atoms. The molecule has 374 valence electrons. The molecule has 0 N–H and O–H groups in total. The van der Waals surface area contributed by atoms with E-state index in [1.807, 2.05) is 0 Å². The number of hydrogen-bond acceptors (Lipinski definition) is 10. The van der Waals surface area contributed by atoms with Gasteiger partial charge in [-0.05, 0) is 31.4 Å². The Balaban J connectivity index is 2.12. The van der Waals surface area contributed by atoms with Crippen molar-refractivity contribution in [3.63, 3.8) is 0 Å². The number of unbranched alkanes of at least 4 members (excludes halogenated alkanes) is 27. The minimum Gasteiger partial charge on any atom is -0.490 e. The van der Waals surface area contributed by atoms with E-state index in [2.05, 4.69) is 20.8 Å². The van der Waals surface area contributed by atoms with Gasteiger partial charge in [0.2, 0.25) is 5.75 Å². The molecular weight excluding hydrogens is 809 g/mol. The van der Waals surface area contributed by atoms with Crippen molar-refractivity contribution in [1.82, 2.24) is 0 Å². The Hall–Kier alpha value is -2.11. The third-order valence-electron chi connectivity index (χ3n) is 11.9. The van der Waals surface area contributed by atoms with Crippen LogP contribution < -0.4 is 14.2 Å². The van der Waals surface area contributed by atoms with Crippen LogP contribution in [0.3, 0.4) is 0 Å². The lowest BCUT2D eigenvalue weighted by Gasteiger charge is -2.20. The van der Waals surface area contributed by atoms with Crippen molar-refractivity contribution in [2.75, 3.05) is 85.9 Å². The fraction of sp³-hybridized carbons (Fsp3) is 0.870. The molecule has 1 saturated heterocycles. The van der Waals surface area contributed by atoms with E-state index < -0.39 is 12.1 Å². The molecule has 1 fully saturated rings. The molecule has 1 unspecified atom stereocenters. The van der Waals surface area contributed by atoms with E-state index in [4.69, 9.17) is 42.6 Å². The summed E-state index contributed by atoms with van der Waals surface area (Å²) in [6.45, 7) is 12.4. The monoisotopic (exact) mass is 907 g/mol. The van der Waals surface area contributed by atoms with Crippen LogP contribution in [-0.2, 0) is 28.4 Å². The summed E-state index contributed by atoms with van der Waals surface area (Å²) < 4.78 is 54.1. The van der Waals surface area contributed by atoms with Crippen LogP contribution in [0.2, 0.25) is 0 Å². The molecule has 1 aliphatic rings. The number of esters is 1. The van der Waals surface area contributed by atoms with Gasteiger partial charge < -0.3 is 42.6 Å². The van der Waals surface area contributed by atoms with Crippen LogP contribution in [0.15, 0.2) is 12.1 Å². The van der Waals surface area contributed by atoms with Crippen LogP contribution in [0, 0.1) is 0 Å². The van der Waals surface area contributed by atoms with Crippen LogP contribution in [0.1, 0.15) is 224 Å². The third-order valence-corrected chi connectivity index (χ3v) is 11.9. The summed E-state index contributed by atoms with van der Waals surface area (Å²) in [6, 6.07) is 3.56. The third kappa shape index (κ3) is 33.4. The smallest absolute Gasteiger partial charge is 0.338 e. The minimum atomic E-state index is -0.468. The molecule has 0 amide bonds. The number of carbonyl (C=O) groups is 1. The van der Waals surface area contributed by atoms with Crippen LogP contribution in [0.25, 0.3) is 0 Å². The van der Waals surface area contributed by atoms with Gasteiger partial charge in [-0.1, -0.05) is 194 Å². The highest BCUT2D eigenvalue weighted by atomic mass is 16.6. The second kappa shape index (κ2) is 44.7. The first-order valence-corrected chi connectivity index (χ1v) is 26.9. The van der Waals surface area contributed by atoms with Crippen LogP contribution in [-0.4, -0.2) is 98.0 Å². The summed E-state index contributed by atoms with van der Waals surface area (Å²) in [5.74, 6) is 1.22. The van der Waals surface area contributed by atoms with Gasteiger partial charge in [0.25, 0.3) is 0 Å². The average Bonchev–Trinajstić information content (AvgIpc) is 3.31. The summed E-state index contributed by atoms with van der Waals surface area (Å²) in [6.07, 6.45) is 37.2. The highest BCUT2D eigenvalue weighted by Crippen LogP contribution is 2.40. The lowest BCUT2D eigenvalue weighted by atomic mass is 10.1. The van der Waals surface area contributed by atoms with Crippen LogP contribution in [0.4, 0.5) is 0 Å². The first kappa shape index (κ1) is 58.0. The van der Waals surface area contributed by atoms with Gasteiger partial charge in [0.1, 0.15) is 12.7 Å². The summed E-state index contributed by atoms with van der Waals surface area (Å²) >= 11 is 0. The highest BCUT2D eigenvalue weighted by molar-refractivity contribution is 5.91. The Labute approximate surface area is 392 Å². The summed E-state index contributed by atoms with van der Waals surface area (Å²) in [7, 11) is 0. The second-order valence-electron chi connectivity index (χ2n) is 17.9. The molecule has 1 aromatic carbocycles. The van der Waals surface area contributed by atoms with E-state index in [0.717, 1.165) is 38.5 Å². The first-order chi connectivity index (χ1) is 31.7. The van der Waals surface area contributed by atoms with Gasteiger partial charge in [0, 0.05) is 0 Å². The zero-order valence-corrected chi connectivity index (χ0v) is 41.7. The van der Waals surface area contributed by atoms with E-state index >= 15 is 0 Å². The Morgan fingerprint density at radius 3 is 1.16 bits per heavy atom. The zero-order valence-electron chi connectivity index (χ0n) is 41.7. The van der Waals surface area contributed by atoms with Gasteiger partial charge in [-0.15, -0.1) is 0 Å². The zero-order chi connectivity index (χ0) is 45.6. The first-order valence-electron chi connectivity index (χ1n) is 26.9. The molecular formula is C54H98O10. The highest BCUT2D eigenvalue weighted by Gasteiger charge is 2.22. The lowest BCUT2D eigenvalue weighted by molar-refractivity contribution is -0.0689. The summed E-state index contributed by atoms with van der Waals surface area (Å²) in [5, 5.41) is 0. The maximum Gasteiger partial charge on any atom is 0.338 e. The Morgan fingerprint density at radius 2 is 0.766 bits per heavy atom. The standard InChI is InChI=1S/C54H98O10/c1-4-7-10-13-16-19-22-25-28-31-34-61-51-45-49(54(55)64-48-50-47-59-42-41-57-38-37-56-39-40-58-43-44-60-50)46-52(62-35-32-29-26-23-20-17-14-11-8-5-2)53(51)63-36-33-30-27-24-21-18-15-12-9-6-3/h45-46,50H,4-44,47-48H2,1-3H3. The predicted molar refractivity (Wildman–Crippen MR) is 262 cm³/mol. The van der Waals surface area contributed by atoms with E-state index in [-0.39, 0.29) is 13.2 Å². The molecule has 1 aromatic rings. The largest absolute Gasteiger partial charge is 0.490 e. The quantitative estimate of drug-likeness (QED) is 0.0469. The van der Waals surface area contributed by atoms with Crippen molar-refractivity contribution in [2.24, 2.45) is 0 Å². The topological polar surface area (TPSA) is 100 Å². The van der Waals surface area contributed by atoms with Gasteiger partial charge in [-0.25, -0.2) is 4.79 Å². The molecule has 0 aromatic heterocycles. The molecule has 0 spiro atoms. The summed E-state index contributed by atoms with van der Waals surface area (Å²) in [5.41, 5.74) is 0.372. The van der Waals surface area contributed by atoms with Gasteiger partial charge in [-0.2, -0.15) is 0 Å². The maximum atomic E-state index is 13.9. The van der Waals surface area contributed by atoms with Gasteiger partial charge in [0.05, 0.1) is 84.8 Å². The molecule has 1 heterocycles. The molecule has 2 rings (SSSR count). The predicted octanol–water partition coefficient (Wildman–Crippen LogP) is 14.2. The van der Waals surface area contributed by atoms with Crippen molar-refractivity contribution < 1.29 is 47.4 Å². The number of ether oxygens (including phenoxy) is 9. The van der Waals surface area contributed by atoms with Crippen LogP contribution >= 0.6 is 0 Å². The normalized spacial score (nSPS) is 15.6. The van der Waals surface area contributed by atoms with Gasteiger partial charge in [0.15, 0.2) is 11.5 Å². The van der Waals surface area contributed by atoms with Crippen molar-refractivity contribution in [3.8, 4) is 17.2 Å². The van der Waals surface area contributed by atoms with Gasteiger partial charge >= 0.3 is 5.97 Å². The van der Waals surface area contributed by atoms with Crippen molar-refractivity contribution in [3.05, 3.63) is 17.7 Å². The van der Waals surface area contributed by atoms with Crippen LogP contribution in [0.5, 0.6) is 17.2 Å². The van der Waals surface area contributed by atoms with Crippen molar-refractivity contribution >= 4 is 5.97 Å². The minimum absolute atomic E-state index is 0.0311. The SMILES string of the molecule is CCCCCCCCCCCCOc1cc(C(=O)OCC2COCCOCCOCCOCCO2)cc(OCCCCCCCCCCCC)c1OCCCCCCCCCCCC. The number of hydrogen-bond donors (Lipinski definition) is 0. The van der Waals surface area contributed by atoms with E-state index in [1.165, 1.54) is 154 Å². The fourth-order valence-electron chi connectivity index (χ4n) is 7.90. The molecule has 1 atom stereocenters. The Kier molecular flexibility index (Phi) is 40.5. The average molecular weight is 907 g/mol.